The van der Waals surface area contributed by atoms with Gasteiger partial charge in [-0.2, -0.15) is 0 Å². The molecule has 0 unspecified atom stereocenters. The summed E-state index contributed by atoms with van der Waals surface area (Å²) in [6.07, 6.45) is 7.21. The van der Waals surface area contributed by atoms with Crippen LogP contribution in [-0.4, -0.2) is 57.1 Å². The third-order valence-electron chi connectivity index (χ3n) is 4.71. The van der Waals surface area contributed by atoms with Gasteiger partial charge in [-0.1, -0.05) is 0 Å². The van der Waals surface area contributed by atoms with Gasteiger partial charge >= 0.3 is 0 Å². The Morgan fingerprint density at radius 2 is 2.04 bits per heavy atom. The number of rotatable bonds is 5. The SMILES string of the molecule is Cc1cc(=O)n(CCN2CCC(N(C)c3ccncn3)CC2)cn1. The van der Waals surface area contributed by atoms with Crippen molar-refractivity contribution in [3.05, 3.63) is 47.0 Å². The van der Waals surface area contributed by atoms with Crippen LogP contribution in [-0.2, 0) is 6.54 Å². The van der Waals surface area contributed by atoms with Gasteiger partial charge < -0.3 is 9.80 Å². The standard InChI is InChI=1S/C17H24N6O/c1-14-11-17(24)23(13-20-14)10-9-22-7-4-15(5-8-22)21(2)16-3-6-18-12-19-16/h3,6,11-13,15H,4-5,7-10H2,1-2H3. The fourth-order valence-corrected chi connectivity index (χ4v) is 3.14. The van der Waals surface area contributed by atoms with Crippen molar-refractivity contribution in [2.75, 3.05) is 31.6 Å². The lowest BCUT2D eigenvalue weighted by molar-refractivity contribution is 0.203. The van der Waals surface area contributed by atoms with Crippen LogP contribution in [0, 0.1) is 6.92 Å². The minimum absolute atomic E-state index is 0.0286. The summed E-state index contributed by atoms with van der Waals surface area (Å²) in [5.41, 5.74) is 0.797. The van der Waals surface area contributed by atoms with Crippen molar-refractivity contribution in [2.45, 2.75) is 32.4 Å². The van der Waals surface area contributed by atoms with Gasteiger partial charge in [0.25, 0.3) is 5.56 Å². The molecule has 0 spiro atoms. The van der Waals surface area contributed by atoms with Gasteiger partial charge in [0.15, 0.2) is 0 Å². The first-order valence-electron chi connectivity index (χ1n) is 8.38. The highest BCUT2D eigenvalue weighted by molar-refractivity contribution is 5.36. The summed E-state index contributed by atoms with van der Waals surface area (Å²) in [6, 6.07) is 4.03. The molecule has 0 aliphatic carbocycles. The molecule has 0 bridgehead atoms. The zero-order valence-corrected chi connectivity index (χ0v) is 14.3. The second-order valence-electron chi connectivity index (χ2n) is 6.31. The third-order valence-corrected chi connectivity index (χ3v) is 4.71. The zero-order valence-electron chi connectivity index (χ0n) is 14.3. The van der Waals surface area contributed by atoms with Crippen LogP contribution >= 0.6 is 0 Å². The highest BCUT2D eigenvalue weighted by atomic mass is 16.1. The van der Waals surface area contributed by atoms with E-state index >= 15 is 0 Å². The predicted molar refractivity (Wildman–Crippen MR) is 93.1 cm³/mol. The van der Waals surface area contributed by atoms with Crippen molar-refractivity contribution in [3.63, 3.8) is 0 Å². The summed E-state index contributed by atoms with van der Waals surface area (Å²) < 4.78 is 1.69. The van der Waals surface area contributed by atoms with Gasteiger partial charge in [0.1, 0.15) is 12.1 Å². The molecular formula is C17H24N6O. The normalized spacial score (nSPS) is 16.2. The Morgan fingerprint density at radius 1 is 1.25 bits per heavy atom. The van der Waals surface area contributed by atoms with Crippen molar-refractivity contribution in [3.8, 4) is 0 Å². The largest absolute Gasteiger partial charge is 0.356 e. The van der Waals surface area contributed by atoms with Crippen LogP contribution in [0.25, 0.3) is 0 Å². The smallest absolute Gasteiger partial charge is 0.253 e. The zero-order chi connectivity index (χ0) is 16.9. The molecule has 0 aromatic carbocycles. The quantitative estimate of drug-likeness (QED) is 0.814. The van der Waals surface area contributed by atoms with Crippen molar-refractivity contribution in [1.82, 2.24) is 24.4 Å². The molecule has 1 aliphatic rings. The van der Waals surface area contributed by atoms with Crippen LogP contribution in [0.2, 0.25) is 0 Å². The molecule has 128 valence electrons. The molecule has 0 saturated carbocycles. The van der Waals surface area contributed by atoms with Crippen LogP contribution in [0.15, 0.2) is 35.8 Å². The molecule has 24 heavy (non-hydrogen) atoms. The topological polar surface area (TPSA) is 67.2 Å². The lowest BCUT2D eigenvalue weighted by Gasteiger charge is -2.37. The van der Waals surface area contributed by atoms with E-state index in [1.807, 2.05) is 13.0 Å². The fourth-order valence-electron chi connectivity index (χ4n) is 3.14. The molecule has 3 rings (SSSR count). The highest BCUT2D eigenvalue weighted by Gasteiger charge is 2.23. The number of likely N-dealkylation sites (tertiary alicyclic amines) is 1. The molecule has 0 N–H and O–H groups in total. The average Bonchev–Trinajstić information content (AvgIpc) is 2.62. The van der Waals surface area contributed by atoms with Gasteiger partial charge in [0, 0.05) is 57.2 Å². The molecule has 2 aromatic heterocycles. The first-order valence-corrected chi connectivity index (χ1v) is 8.38. The van der Waals surface area contributed by atoms with Gasteiger partial charge in [-0.25, -0.2) is 15.0 Å². The molecule has 7 heteroatoms. The van der Waals surface area contributed by atoms with Gasteiger partial charge in [0.2, 0.25) is 0 Å². The third kappa shape index (κ3) is 3.97. The van der Waals surface area contributed by atoms with E-state index in [1.165, 1.54) is 0 Å². The van der Waals surface area contributed by atoms with E-state index in [-0.39, 0.29) is 5.56 Å². The monoisotopic (exact) mass is 328 g/mol. The molecule has 1 fully saturated rings. The van der Waals surface area contributed by atoms with Crippen LogP contribution in [0.3, 0.4) is 0 Å². The number of nitrogens with zero attached hydrogens (tertiary/aromatic N) is 6. The Balaban J connectivity index is 1.49. The van der Waals surface area contributed by atoms with Crippen molar-refractivity contribution in [2.24, 2.45) is 0 Å². The maximum Gasteiger partial charge on any atom is 0.253 e. The van der Waals surface area contributed by atoms with E-state index in [2.05, 4.69) is 31.8 Å². The van der Waals surface area contributed by atoms with Crippen LogP contribution in [0.4, 0.5) is 5.82 Å². The maximum absolute atomic E-state index is 11.9. The minimum Gasteiger partial charge on any atom is -0.356 e. The number of hydrogen-bond donors (Lipinski definition) is 0. The van der Waals surface area contributed by atoms with E-state index in [9.17, 15) is 4.79 Å². The van der Waals surface area contributed by atoms with E-state index in [0.29, 0.717) is 12.6 Å². The van der Waals surface area contributed by atoms with Crippen LogP contribution in [0.1, 0.15) is 18.5 Å². The number of anilines is 1. The van der Waals surface area contributed by atoms with Gasteiger partial charge in [-0.3, -0.25) is 9.36 Å². The van der Waals surface area contributed by atoms with Gasteiger partial charge in [-0.05, 0) is 25.8 Å². The summed E-state index contributed by atoms with van der Waals surface area (Å²) in [5, 5.41) is 0. The van der Waals surface area contributed by atoms with Crippen molar-refractivity contribution in [1.29, 1.82) is 0 Å². The summed E-state index contributed by atoms with van der Waals surface area (Å²) in [6.45, 7) is 5.49. The van der Waals surface area contributed by atoms with E-state index in [0.717, 1.165) is 44.0 Å². The number of hydrogen-bond acceptors (Lipinski definition) is 6. The van der Waals surface area contributed by atoms with Crippen molar-refractivity contribution < 1.29 is 0 Å². The number of aryl methyl sites for hydroxylation is 1. The van der Waals surface area contributed by atoms with E-state index in [1.54, 1.807) is 29.5 Å². The summed E-state index contributed by atoms with van der Waals surface area (Å²) in [7, 11) is 2.10. The second kappa shape index (κ2) is 7.53. The number of piperidine rings is 1. The Hall–Kier alpha value is -2.28. The minimum atomic E-state index is 0.0286. The molecule has 3 heterocycles. The molecule has 1 saturated heterocycles. The molecule has 0 atom stereocenters. The van der Waals surface area contributed by atoms with E-state index < -0.39 is 0 Å². The van der Waals surface area contributed by atoms with E-state index in [4.69, 9.17) is 0 Å². The lowest BCUT2D eigenvalue weighted by atomic mass is 10.0. The maximum atomic E-state index is 11.9. The van der Waals surface area contributed by atoms with Gasteiger partial charge in [0.05, 0.1) is 6.33 Å². The van der Waals surface area contributed by atoms with Gasteiger partial charge in [-0.15, -0.1) is 0 Å². The fraction of sp³-hybridized carbons (Fsp3) is 0.529. The van der Waals surface area contributed by atoms with Crippen LogP contribution in [0.5, 0.6) is 0 Å². The molecular weight excluding hydrogens is 304 g/mol. The Kier molecular flexibility index (Phi) is 5.20. The Bertz CT molecular complexity index is 709. The first-order chi connectivity index (χ1) is 11.6. The second-order valence-corrected chi connectivity index (χ2v) is 6.31. The lowest BCUT2D eigenvalue weighted by Crippen LogP contribution is -2.44. The molecule has 0 radical (unpaired) electrons. The molecule has 1 aliphatic heterocycles. The number of aromatic nitrogens is 4. The van der Waals surface area contributed by atoms with Crippen molar-refractivity contribution >= 4 is 5.82 Å². The summed E-state index contributed by atoms with van der Waals surface area (Å²) in [5.74, 6) is 0.973. The molecule has 2 aromatic rings. The first kappa shape index (κ1) is 16.6. The summed E-state index contributed by atoms with van der Waals surface area (Å²) >= 11 is 0. The Morgan fingerprint density at radius 3 is 2.71 bits per heavy atom. The highest BCUT2D eigenvalue weighted by Crippen LogP contribution is 2.19. The summed E-state index contributed by atoms with van der Waals surface area (Å²) in [4.78, 5) is 29.0. The predicted octanol–water partition coefficient (Wildman–Crippen LogP) is 0.943. The average molecular weight is 328 g/mol. The van der Waals surface area contributed by atoms with Crippen LogP contribution < -0.4 is 10.5 Å². The molecule has 0 amide bonds. The molecule has 7 nitrogen and oxygen atoms in total. The Labute approximate surface area is 142 Å².